The van der Waals surface area contributed by atoms with E-state index in [1.165, 1.54) is 19.4 Å². The molecule has 0 bridgehead atoms. The number of hydrogen-bond acceptors (Lipinski definition) is 3. The SMILES string of the molecule is COc1ccc(C(N)=S)c(-n2ccc(C(F)(F)F)n2)c1. The number of alkyl halides is 3. The van der Waals surface area contributed by atoms with E-state index in [4.69, 9.17) is 22.7 Å². The molecular formula is C12H10F3N3OS. The lowest BCUT2D eigenvalue weighted by Gasteiger charge is -2.10. The fraction of sp³-hybridized carbons (Fsp3) is 0.167. The van der Waals surface area contributed by atoms with Crippen LogP contribution in [0, 0.1) is 0 Å². The van der Waals surface area contributed by atoms with Gasteiger partial charge in [-0.2, -0.15) is 18.3 Å². The molecule has 2 rings (SSSR count). The predicted octanol–water partition coefficient (Wildman–Crippen LogP) is 2.53. The summed E-state index contributed by atoms with van der Waals surface area (Å²) in [4.78, 5) is 0.0618. The van der Waals surface area contributed by atoms with Gasteiger partial charge >= 0.3 is 6.18 Å². The lowest BCUT2D eigenvalue weighted by Crippen LogP contribution is -2.14. The Bertz CT molecular complexity index is 652. The Hall–Kier alpha value is -2.09. The Morgan fingerprint density at radius 2 is 2.05 bits per heavy atom. The molecule has 0 spiro atoms. The van der Waals surface area contributed by atoms with E-state index in [0.29, 0.717) is 17.0 Å². The summed E-state index contributed by atoms with van der Waals surface area (Å²) < 4.78 is 43.8. The molecule has 2 aromatic rings. The lowest BCUT2D eigenvalue weighted by atomic mass is 10.1. The topological polar surface area (TPSA) is 53.1 Å². The van der Waals surface area contributed by atoms with Crippen LogP contribution in [0.15, 0.2) is 30.5 Å². The minimum atomic E-state index is -4.51. The molecule has 106 valence electrons. The molecule has 0 atom stereocenters. The van der Waals surface area contributed by atoms with Gasteiger partial charge in [-0.15, -0.1) is 0 Å². The van der Waals surface area contributed by atoms with Gasteiger partial charge in [0.25, 0.3) is 0 Å². The summed E-state index contributed by atoms with van der Waals surface area (Å²) in [5.74, 6) is 0.462. The van der Waals surface area contributed by atoms with Crippen LogP contribution in [0.4, 0.5) is 13.2 Å². The molecule has 0 unspecified atom stereocenters. The summed E-state index contributed by atoms with van der Waals surface area (Å²) in [5, 5.41) is 3.49. The Morgan fingerprint density at radius 1 is 1.35 bits per heavy atom. The van der Waals surface area contributed by atoms with E-state index in [1.54, 1.807) is 12.1 Å². The zero-order valence-corrected chi connectivity index (χ0v) is 11.1. The fourth-order valence-corrected chi connectivity index (χ4v) is 1.82. The van der Waals surface area contributed by atoms with Gasteiger partial charge in [0.05, 0.1) is 12.8 Å². The zero-order valence-electron chi connectivity index (χ0n) is 10.3. The van der Waals surface area contributed by atoms with Gasteiger partial charge < -0.3 is 10.5 Å². The van der Waals surface area contributed by atoms with Crippen molar-refractivity contribution in [2.24, 2.45) is 5.73 Å². The van der Waals surface area contributed by atoms with E-state index >= 15 is 0 Å². The Kier molecular flexibility index (Phi) is 3.67. The fourth-order valence-electron chi connectivity index (χ4n) is 1.65. The molecular weight excluding hydrogens is 291 g/mol. The van der Waals surface area contributed by atoms with Crippen LogP contribution in [0.25, 0.3) is 5.69 Å². The third-order valence-corrected chi connectivity index (χ3v) is 2.82. The number of methoxy groups -OCH3 is 1. The van der Waals surface area contributed by atoms with Crippen LogP contribution in [-0.2, 0) is 6.18 Å². The van der Waals surface area contributed by atoms with E-state index < -0.39 is 11.9 Å². The quantitative estimate of drug-likeness (QED) is 0.885. The minimum absolute atomic E-state index is 0.0618. The van der Waals surface area contributed by atoms with Crippen molar-refractivity contribution in [3.05, 3.63) is 41.7 Å². The van der Waals surface area contributed by atoms with E-state index in [0.717, 1.165) is 10.7 Å². The molecule has 4 nitrogen and oxygen atoms in total. The highest BCUT2D eigenvalue weighted by Gasteiger charge is 2.33. The van der Waals surface area contributed by atoms with Gasteiger partial charge in [-0.05, 0) is 18.2 Å². The summed E-state index contributed by atoms with van der Waals surface area (Å²) in [5.41, 5.74) is 5.31. The summed E-state index contributed by atoms with van der Waals surface area (Å²) in [6.45, 7) is 0. The monoisotopic (exact) mass is 301 g/mol. The molecule has 1 aromatic carbocycles. The first-order valence-electron chi connectivity index (χ1n) is 5.44. The van der Waals surface area contributed by atoms with E-state index in [-0.39, 0.29) is 4.99 Å². The largest absolute Gasteiger partial charge is 0.497 e. The van der Waals surface area contributed by atoms with Crippen LogP contribution in [0.5, 0.6) is 5.75 Å². The summed E-state index contributed by atoms with van der Waals surface area (Å²) in [6.07, 6.45) is -3.31. The number of rotatable bonds is 3. The van der Waals surface area contributed by atoms with Crippen molar-refractivity contribution in [3.63, 3.8) is 0 Å². The summed E-state index contributed by atoms with van der Waals surface area (Å²) in [7, 11) is 1.45. The molecule has 0 aliphatic rings. The van der Waals surface area contributed by atoms with Crippen molar-refractivity contribution < 1.29 is 17.9 Å². The van der Waals surface area contributed by atoms with Crippen molar-refractivity contribution in [1.82, 2.24) is 9.78 Å². The molecule has 20 heavy (non-hydrogen) atoms. The highest BCUT2D eigenvalue weighted by Crippen LogP contribution is 2.29. The average molecular weight is 301 g/mol. The van der Waals surface area contributed by atoms with Gasteiger partial charge in [0.15, 0.2) is 5.69 Å². The molecule has 1 heterocycles. The standard InChI is InChI=1S/C12H10F3N3OS/c1-19-7-2-3-8(11(16)20)9(6-7)18-5-4-10(17-18)12(13,14)15/h2-6H,1H3,(H2,16,20). The van der Waals surface area contributed by atoms with Gasteiger partial charge in [0.1, 0.15) is 10.7 Å². The van der Waals surface area contributed by atoms with Crippen molar-refractivity contribution in [3.8, 4) is 11.4 Å². The third-order valence-electron chi connectivity index (χ3n) is 2.60. The van der Waals surface area contributed by atoms with E-state index in [1.807, 2.05) is 0 Å². The van der Waals surface area contributed by atoms with Gasteiger partial charge in [-0.25, -0.2) is 4.68 Å². The number of nitrogens with two attached hydrogens (primary N) is 1. The van der Waals surface area contributed by atoms with E-state index in [2.05, 4.69) is 5.10 Å². The lowest BCUT2D eigenvalue weighted by molar-refractivity contribution is -0.141. The van der Waals surface area contributed by atoms with Crippen LogP contribution in [0.3, 0.4) is 0 Å². The van der Waals surface area contributed by atoms with Crippen molar-refractivity contribution in [1.29, 1.82) is 0 Å². The normalized spacial score (nSPS) is 11.4. The molecule has 0 fully saturated rings. The zero-order chi connectivity index (χ0) is 14.9. The van der Waals surface area contributed by atoms with Crippen LogP contribution >= 0.6 is 12.2 Å². The summed E-state index contributed by atoms with van der Waals surface area (Å²) >= 11 is 4.88. The molecule has 1 aromatic heterocycles. The molecule has 0 aliphatic heterocycles. The Balaban J connectivity index is 2.55. The molecule has 0 aliphatic carbocycles. The first-order valence-corrected chi connectivity index (χ1v) is 5.85. The highest BCUT2D eigenvalue weighted by molar-refractivity contribution is 7.80. The minimum Gasteiger partial charge on any atom is -0.497 e. The first-order chi connectivity index (χ1) is 9.32. The number of nitrogens with zero attached hydrogens (tertiary/aromatic N) is 2. The smallest absolute Gasteiger partial charge is 0.435 e. The van der Waals surface area contributed by atoms with Gasteiger partial charge in [0.2, 0.25) is 0 Å². The van der Waals surface area contributed by atoms with Gasteiger partial charge in [-0.1, -0.05) is 12.2 Å². The molecule has 2 N–H and O–H groups in total. The maximum atomic E-state index is 12.6. The number of halogens is 3. The van der Waals surface area contributed by atoms with Crippen LogP contribution in [-0.4, -0.2) is 21.9 Å². The van der Waals surface area contributed by atoms with Crippen molar-refractivity contribution >= 4 is 17.2 Å². The van der Waals surface area contributed by atoms with Gasteiger partial charge in [-0.3, -0.25) is 0 Å². The van der Waals surface area contributed by atoms with Crippen LogP contribution < -0.4 is 10.5 Å². The second-order valence-corrected chi connectivity index (χ2v) is 4.33. The third kappa shape index (κ3) is 2.74. The number of ether oxygens (including phenoxy) is 1. The molecule has 0 saturated carbocycles. The maximum Gasteiger partial charge on any atom is 0.435 e. The summed E-state index contributed by atoms with van der Waals surface area (Å²) in [6, 6.07) is 5.59. The number of aromatic nitrogens is 2. The second-order valence-electron chi connectivity index (χ2n) is 3.89. The highest BCUT2D eigenvalue weighted by atomic mass is 32.1. The van der Waals surface area contributed by atoms with Crippen molar-refractivity contribution in [2.75, 3.05) is 7.11 Å². The van der Waals surface area contributed by atoms with E-state index in [9.17, 15) is 13.2 Å². The van der Waals surface area contributed by atoms with Gasteiger partial charge in [0, 0.05) is 17.8 Å². The maximum absolute atomic E-state index is 12.6. The number of hydrogen-bond donors (Lipinski definition) is 1. The first kappa shape index (κ1) is 14.3. The Morgan fingerprint density at radius 3 is 2.55 bits per heavy atom. The Labute approximate surface area is 117 Å². The van der Waals surface area contributed by atoms with Crippen molar-refractivity contribution in [2.45, 2.75) is 6.18 Å². The number of thiocarbonyl (C=S) groups is 1. The average Bonchev–Trinajstić information content (AvgIpc) is 2.87. The van der Waals surface area contributed by atoms with Crippen LogP contribution in [0.1, 0.15) is 11.3 Å². The molecule has 0 radical (unpaired) electrons. The van der Waals surface area contributed by atoms with Crippen LogP contribution in [0.2, 0.25) is 0 Å². The predicted molar refractivity (Wildman–Crippen MR) is 71.0 cm³/mol. The number of benzene rings is 1. The molecule has 0 saturated heterocycles. The molecule has 8 heteroatoms. The second kappa shape index (κ2) is 5.12. The molecule has 0 amide bonds.